The lowest BCUT2D eigenvalue weighted by molar-refractivity contribution is -0.135. The topological polar surface area (TPSA) is 27.7 Å². The lowest BCUT2D eigenvalue weighted by Gasteiger charge is -2.20. The molecule has 94 valence electrons. The minimum absolute atomic E-state index is 0.495. The molecule has 0 bridgehead atoms. The van der Waals surface area contributed by atoms with Crippen molar-refractivity contribution in [3.63, 3.8) is 0 Å². The van der Waals surface area contributed by atoms with Gasteiger partial charge in [-0.3, -0.25) is 0 Å². The van der Waals surface area contributed by atoms with Crippen LogP contribution in [0, 0.1) is 0 Å². The summed E-state index contributed by atoms with van der Waals surface area (Å²) in [5.41, 5.74) is 1.06. The number of allylic oxidation sites excluding steroid dienone is 1. The lowest BCUT2D eigenvalue weighted by Crippen LogP contribution is -2.24. The number of rotatable bonds is 2. The maximum Gasteiger partial charge on any atom is 0.230 e. The summed E-state index contributed by atoms with van der Waals surface area (Å²) in [4.78, 5) is 0. The molecule has 3 rings (SSSR count). The van der Waals surface area contributed by atoms with E-state index < -0.39 is 5.79 Å². The quantitative estimate of drug-likeness (QED) is 0.800. The third-order valence-corrected chi connectivity index (χ3v) is 3.21. The summed E-state index contributed by atoms with van der Waals surface area (Å²) < 4.78 is 16.7. The van der Waals surface area contributed by atoms with Gasteiger partial charge in [-0.15, -0.1) is 0 Å². The maximum atomic E-state index is 5.87. The second-order valence-electron chi connectivity index (χ2n) is 4.52. The maximum absolute atomic E-state index is 5.87. The first kappa shape index (κ1) is 11.4. The monoisotopic (exact) mass is 244 g/mol. The highest BCUT2D eigenvalue weighted by Gasteiger charge is 2.38. The van der Waals surface area contributed by atoms with Crippen molar-refractivity contribution in [2.45, 2.75) is 18.6 Å². The average Bonchev–Trinajstić information content (AvgIpc) is 3.01. The summed E-state index contributed by atoms with van der Waals surface area (Å²) >= 11 is 0. The van der Waals surface area contributed by atoms with Gasteiger partial charge in [-0.05, 0) is 42.3 Å². The molecule has 1 fully saturated rings. The van der Waals surface area contributed by atoms with Gasteiger partial charge in [-0.1, -0.05) is 12.1 Å². The molecule has 1 aromatic rings. The molecule has 0 aliphatic carbocycles. The van der Waals surface area contributed by atoms with E-state index in [4.69, 9.17) is 14.2 Å². The van der Waals surface area contributed by atoms with Gasteiger partial charge in [0.2, 0.25) is 5.79 Å². The van der Waals surface area contributed by atoms with Gasteiger partial charge in [0, 0.05) is 6.42 Å². The van der Waals surface area contributed by atoms with Crippen molar-refractivity contribution < 1.29 is 14.2 Å². The van der Waals surface area contributed by atoms with Gasteiger partial charge >= 0.3 is 0 Å². The van der Waals surface area contributed by atoms with Gasteiger partial charge in [0.15, 0.2) is 0 Å². The van der Waals surface area contributed by atoms with Gasteiger partial charge in [-0.25, -0.2) is 0 Å². The van der Waals surface area contributed by atoms with Crippen LogP contribution in [0.15, 0.2) is 42.2 Å². The van der Waals surface area contributed by atoms with Crippen molar-refractivity contribution >= 4 is 6.08 Å². The van der Waals surface area contributed by atoms with Gasteiger partial charge < -0.3 is 14.2 Å². The van der Waals surface area contributed by atoms with E-state index >= 15 is 0 Å². The Bertz CT molecular complexity index is 496. The third-order valence-electron chi connectivity index (χ3n) is 3.21. The van der Waals surface area contributed by atoms with Crippen LogP contribution >= 0.6 is 0 Å². The van der Waals surface area contributed by atoms with Gasteiger partial charge in [0.25, 0.3) is 0 Å². The number of ether oxygens (including phenoxy) is 3. The number of benzene rings is 1. The molecule has 3 nitrogen and oxygen atoms in total. The Kier molecular flexibility index (Phi) is 2.84. The van der Waals surface area contributed by atoms with Crippen LogP contribution in [0.1, 0.15) is 18.4 Å². The zero-order valence-corrected chi connectivity index (χ0v) is 10.4. The Morgan fingerprint density at radius 3 is 3.11 bits per heavy atom. The summed E-state index contributed by atoms with van der Waals surface area (Å²) in [5.74, 6) is 1.19. The Morgan fingerprint density at radius 2 is 2.33 bits per heavy atom. The Labute approximate surface area is 107 Å². The number of hydrogen-bond acceptors (Lipinski definition) is 3. The molecule has 1 aromatic carbocycles. The number of methoxy groups -OCH3 is 1. The van der Waals surface area contributed by atoms with E-state index in [2.05, 4.69) is 0 Å². The average molecular weight is 244 g/mol. The molecule has 2 heterocycles. The SMILES string of the molecule is COc1cccc(/C=C2/C=CC3(CCCO3)O2)c1. The van der Waals surface area contributed by atoms with E-state index in [1.54, 1.807) is 7.11 Å². The molecule has 2 aliphatic rings. The summed E-state index contributed by atoms with van der Waals surface area (Å²) in [6.07, 6.45) is 7.96. The van der Waals surface area contributed by atoms with Gasteiger partial charge in [-0.2, -0.15) is 0 Å². The summed E-state index contributed by atoms with van der Waals surface area (Å²) in [7, 11) is 1.67. The van der Waals surface area contributed by atoms with Crippen molar-refractivity contribution in [1.82, 2.24) is 0 Å². The number of hydrogen-bond donors (Lipinski definition) is 0. The Hall–Kier alpha value is -1.74. The molecule has 1 atom stereocenters. The standard InChI is InChI=1S/C15H16O3/c1-16-13-5-2-4-12(10-13)11-14-6-8-15(18-14)7-3-9-17-15/h2,4-6,8,10-11H,3,7,9H2,1H3/b14-11-. The molecule has 1 spiro atoms. The smallest absolute Gasteiger partial charge is 0.230 e. The van der Waals surface area contributed by atoms with Crippen LogP contribution in [-0.2, 0) is 9.47 Å². The predicted molar refractivity (Wildman–Crippen MR) is 69.1 cm³/mol. The molecule has 2 aliphatic heterocycles. The minimum atomic E-state index is -0.495. The van der Waals surface area contributed by atoms with Crippen molar-refractivity contribution in [2.24, 2.45) is 0 Å². The highest BCUT2D eigenvalue weighted by Crippen LogP contribution is 2.36. The fraction of sp³-hybridized carbons (Fsp3) is 0.333. The predicted octanol–water partition coefficient (Wildman–Crippen LogP) is 3.13. The van der Waals surface area contributed by atoms with Crippen LogP contribution in [0.5, 0.6) is 5.75 Å². The molecular formula is C15H16O3. The second kappa shape index (κ2) is 4.50. The van der Waals surface area contributed by atoms with Crippen molar-refractivity contribution in [3.05, 3.63) is 47.7 Å². The highest BCUT2D eigenvalue weighted by atomic mass is 16.7. The molecule has 0 aromatic heterocycles. The Balaban J connectivity index is 1.79. The fourth-order valence-electron chi connectivity index (χ4n) is 2.30. The lowest BCUT2D eigenvalue weighted by atomic mass is 10.2. The first-order valence-corrected chi connectivity index (χ1v) is 6.18. The molecule has 18 heavy (non-hydrogen) atoms. The van der Waals surface area contributed by atoms with Crippen molar-refractivity contribution in [3.8, 4) is 5.75 Å². The van der Waals surface area contributed by atoms with E-state index in [0.29, 0.717) is 0 Å². The van der Waals surface area contributed by atoms with Crippen LogP contribution in [0.25, 0.3) is 6.08 Å². The van der Waals surface area contributed by atoms with Crippen LogP contribution in [-0.4, -0.2) is 19.5 Å². The van der Waals surface area contributed by atoms with Crippen LogP contribution in [0.2, 0.25) is 0 Å². The fourth-order valence-corrected chi connectivity index (χ4v) is 2.30. The largest absolute Gasteiger partial charge is 0.497 e. The summed E-state index contributed by atoms with van der Waals surface area (Å²) in [6, 6.07) is 7.89. The van der Waals surface area contributed by atoms with E-state index in [1.807, 2.05) is 42.5 Å². The van der Waals surface area contributed by atoms with Gasteiger partial charge in [0.1, 0.15) is 11.5 Å². The molecule has 0 saturated carbocycles. The molecule has 1 saturated heterocycles. The Morgan fingerprint density at radius 1 is 1.39 bits per heavy atom. The second-order valence-corrected chi connectivity index (χ2v) is 4.52. The van der Waals surface area contributed by atoms with Crippen molar-refractivity contribution in [2.75, 3.05) is 13.7 Å². The molecule has 3 heteroatoms. The zero-order valence-electron chi connectivity index (χ0n) is 10.4. The van der Waals surface area contributed by atoms with Gasteiger partial charge in [0.05, 0.1) is 13.7 Å². The van der Waals surface area contributed by atoms with Crippen LogP contribution in [0.4, 0.5) is 0 Å². The molecule has 0 amide bonds. The van der Waals surface area contributed by atoms with Crippen LogP contribution < -0.4 is 4.74 Å². The molecule has 0 radical (unpaired) electrons. The molecular weight excluding hydrogens is 228 g/mol. The zero-order chi connectivity index (χ0) is 12.4. The first-order valence-electron chi connectivity index (χ1n) is 6.18. The highest BCUT2D eigenvalue weighted by molar-refractivity contribution is 5.56. The van der Waals surface area contributed by atoms with Crippen LogP contribution in [0.3, 0.4) is 0 Å². The summed E-state index contributed by atoms with van der Waals surface area (Å²) in [5, 5.41) is 0. The minimum Gasteiger partial charge on any atom is -0.497 e. The summed E-state index contributed by atoms with van der Waals surface area (Å²) in [6.45, 7) is 0.775. The van der Waals surface area contributed by atoms with E-state index in [1.165, 1.54) is 0 Å². The van der Waals surface area contributed by atoms with Crippen molar-refractivity contribution in [1.29, 1.82) is 0 Å². The third kappa shape index (κ3) is 2.14. The van der Waals surface area contributed by atoms with E-state index in [-0.39, 0.29) is 0 Å². The first-order chi connectivity index (χ1) is 8.80. The molecule has 1 unspecified atom stereocenters. The normalized spacial score (nSPS) is 27.9. The van der Waals surface area contributed by atoms with E-state index in [0.717, 1.165) is 36.5 Å². The van der Waals surface area contributed by atoms with E-state index in [9.17, 15) is 0 Å². The molecule has 0 N–H and O–H groups in total.